The van der Waals surface area contributed by atoms with Crippen molar-refractivity contribution in [3.63, 3.8) is 0 Å². The third-order valence-electron chi connectivity index (χ3n) is 1.46. The van der Waals surface area contributed by atoms with Crippen molar-refractivity contribution in [3.8, 4) is 0 Å². The summed E-state index contributed by atoms with van der Waals surface area (Å²) in [6, 6.07) is 0. The van der Waals surface area contributed by atoms with Crippen molar-refractivity contribution in [3.05, 3.63) is 11.3 Å². The van der Waals surface area contributed by atoms with E-state index in [4.69, 9.17) is 0 Å². The molecule has 0 heterocycles. The number of hydrogen-bond acceptors (Lipinski definition) is 2. The Morgan fingerprint density at radius 1 is 1.18 bits per heavy atom. The van der Waals surface area contributed by atoms with Gasteiger partial charge in [-0.15, -0.1) is 0 Å². The molecule has 0 aromatic rings. The standard InChI is InChI=1S/C9H16O2/c1-6(10)8(7(2)11)9(3,4)5/h10H,1-5H3. The molecular weight excluding hydrogens is 140 g/mol. The van der Waals surface area contributed by atoms with E-state index in [0.29, 0.717) is 5.57 Å². The first-order chi connectivity index (χ1) is 4.76. The van der Waals surface area contributed by atoms with Crippen LogP contribution in [0.5, 0.6) is 0 Å². The fourth-order valence-electron chi connectivity index (χ4n) is 1.33. The number of rotatable bonds is 1. The minimum absolute atomic E-state index is 0.0579. The molecule has 0 aliphatic carbocycles. The molecule has 64 valence electrons. The maximum atomic E-state index is 11.0. The Morgan fingerprint density at radius 2 is 1.55 bits per heavy atom. The van der Waals surface area contributed by atoms with Crippen LogP contribution < -0.4 is 0 Å². The zero-order valence-electron chi connectivity index (χ0n) is 7.86. The average Bonchev–Trinajstić information content (AvgIpc) is 1.54. The Balaban J connectivity index is 4.96. The van der Waals surface area contributed by atoms with Gasteiger partial charge in [-0.25, -0.2) is 0 Å². The molecule has 0 radical (unpaired) electrons. The molecule has 0 rings (SSSR count). The molecule has 1 N–H and O–H groups in total. The van der Waals surface area contributed by atoms with Gasteiger partial charge in [0.1, 0.15) is 0 Å². The summed E-state index contributed by atoms with van der Waals surface area (Å²) in [7, 11) is 0. The molecule has 11 heavy (non-hydrogen) atoms. The van der Waals surface area contributed by atoms with Gasteiger partial charge in [0.15, 0.2) is 5.78 Å². The molecule has 2 heteroatoms. The summed E-state index contributed by atoms with van der Waals surface area (Å²) < 4.78 is 0. The third kappa shape index (κ3) is 2.74. The van der Waals surface area contributed by atoms with E-state index >= 15 is 0 Å². The molecule has 0 unspecified atom stereocenters. The van der Waals surface area contributed by atoms with Crippen LogP contribution in [0.25, 0.3) is 0 Å². The SMILES string of the molecule is CC(=O)C(=C(C)O)C(C)(C)C. The Bertz CT molecular complexity index is 190. The second kappa shape index (κ2) is 3.07. The molecule has 0 amide bonds. The quantitative estimate of drug-likeness (QED) is 0.467. The van der Waals surface area contributed by atoms with Crippen LogP contribution in [0, 0.1) is 5.41 Å². The van der Waals surface area contributed by atoms with E-state index < -0.39 is 0 Å². The summed E-state index contributed by atoms with van der Waals surface area (Å²) in [6.45, 7) is 8.73. The number of aliphatic hydroxyl groups excluding tert-OH is 1. The molecule has 0 fully saturated rings. The molecule has 0 aliphatic rings. The van der Waals surface area contributed by atoms with Gasteiger partial charge in [0.2, 0.25) is 0 Å². The van der Waals surface area contributed by atoms with Crippen LogP contribution in [0.4, 0.5) is 0 Å². The predicted octanol–water partition coefficient (Wildman–Crippen LogP) is 2.45. The van der Waals surface area contributed by atoms with Crippen LogP contribution in [-0.2, 0) is 4.79 Å². The summed E-state index contributed by atoms with van der Waals surface area (Å²) in [4.78, 5) is 11.0. The van der Waals surface area contributed by atoms with Crippen LogP contribution in [-0.4, -0.2) is 10.9 Å². The molecule has 0 aromatic carbocycles. The number of aliphatic hydroxyl groups is 1. The van der Waals surface area contributed by atoms with Gasteiger partial charge in [-0.2, -0.15) is 0 Å². The van der Waals surface area contributed by atoms with Gasteiger partial charge >= 0.3 is 0 Å². The van der Waals surface area contributed by atoms with Gasteiger partial charge in [0.05, 0.1) is 5.76 Å². The molecule has 0 aliphatic heterocycles. The Hall–Kier alpha value is -0.790. The predicted molar refractivity (Wildman–Crippen MR) is 45.5 cm³/mol. The smallest absolute Gasteiger partial charge is 0.159 e. The monoisotopic (exact) mass is 156 g/mol. The van der Waals surface area contributed by atoms with Crippen molar-refractivity contribution < 1.29 is 9.90 Å². The molecule has 0 aromatic heterocycles. The lowest BCUT2D eigenvalue weighted by Gasteiger charge is -2.21. The molecule has 0 bridgehead atoms. The molecule has 0 saturated heterocycles. The van der Waals surface area contributed by atoms with Gasteiger partial charge in [-0.1, -0.05) is 20.8 Å². The third-order valence-corrected chi connectivity index (χ3v) is 1.46. The van der Waals surface area contributed by atoms with Crippen molar-refractivity contribution in [2.24, 2.45) is 5.41 Å². The van der Waals surface area contributed by atoms with E-state index in [9.17, 15) is 9.90 Å². The van der Waals surface area contributed by atoms with Crippen molar-refractivity contribution in [2.45, 2.75) is 34.6 Å². The van der Waals surface area contributed by atoms with Crippen molar-refractivity contribution >= 4 is 5.78 Å². The first kappa shape index (κ1) is 10.2. The van der Waals surface area contributed by atoms with Gasteiger partial charge in [0, 0.05) is 5.57 Å². The topological polar surface area (TPSA) is 37.3 Å². The van der Waals surface area contributed by atoms with E-state index in [1.165, 1.54) is 6.92 Å². The lowest BCUT2D eigenvalue weighted by atomic mass is 9.83. The highest BCUT2D eigenvalue weighted by atomic mass is 16.3. The molecule has 0 atom stereocenters. The van der Waals surface area contributed by atoms with E-state index in [1.54, 1.807) is 6.92 Å². The number of hydrogen-bond donors (Lipinski definition) is 1. The van der Waals surface area contributed by atoms with Crippen LogP contribution >= 0.6 is 0 Å². The summed E-state index contributed by atoms with van der Waals surface area (Å²) in [5.41, 5.74) is 0.252. The normalized spacial score (nSPS) is 14.3. The molecule has 0 saturated carbocycles. The van der Waals surface area contributed by atoms with E-state index in [2.05, 4.69) is 0 Å². The molecule has 2 nitrogen and oxygen atoms in total. The number of allylic oxidation sites excluding steroid dienone is 2. The number of ketones is 1. The minimum Gasteiger partial charge on any atom is -0.512 e. The zero-order valence-corrected chi connectivity index (χ0v) is 7.86. The highest BCUT2D eigenvalue weighted by Crippen LogP contribution is 2.27. The Morgan fingerprint density at radius 3 is 1.55 bits per heavy atom. The lowest BCUT2D eigenvalue weighted by Crippen LogP contribution is -2.17. The van der Waals surface area contributed by atoms with Gasteiger partial charge in [-0.3, -0.25) is 4.79 Å². The Labute approximate surface area is 67.9 Å². The van der Waals surface area contributed by atoms with Crippen LogP contribution in [0.1, 0.15) is 34.6 Å². The number of Topliss-reactive ketones (excluding diaryl/α,β-unsaturated/α-hetero) is 1. The fraction of sp³-hybridized carbons (Fsp3) is 0.667. The van der Waals surface area contributed by atoms with Crippen molar-refractivity contribution in [1.29, 1.82) is 0 Å². The van der Waals surface area contributed by atoms with Crippen LogP contribution in [0.3, 0.4) is 0 Å². The minimum atomic E-state index is -0.259. The number of carbonyl (C=O) groups is 1. The zero-order chi connectivity index (χ0) is 9.23. The van der Waals surface area contributed by atoms with Gasteiger partial charge < -0.3 is 5.11 Å². The highest BCUT2D eigenvalue weighted by molar-refractivity contribution is 5.94. The van der Waals surface area contributed by atoms with Crippen molar-refractivity contribution in [1.82, 2.24) is 0 Å². The summed E-state index contributed by atoms with van der Waals surface area (Å²) in [6.07, 6.45) is 0. The largest absolute Gasteiger partial charge is 0.512 e. The van der Waals surface area contributed by atoms with E-state index in [-0.39, 0.29) is 17.0 Å². The summed E-state index contributed by atoms with van der Waals surface area (Å²) >= 11 is 0. The van der Waals surface area contributed by atoms with Crippen molar-refractivity contribution in [2.75, 3.05) is 0 Å². The molecular formula is C9H16O2. The maximum Gasteiger partial charge on any atom is 0.159 e. The second-order valence-corrected chi connectivity index (χ2v) is 3.77. The average molecular weight is 156 g/mol. The fourth-order valence-corrected chi connectivity index (χ4v) is 1.33. The highest BCUT2D eigenvalue weighted by Gasteiger charge is 2.23. The van der Waals surface area contributed by atoms with E-state index in [0.717, 1.165) is 0 Å². The summed E-state index contributed by atoms with van der Waals surface area (Å²) in [5, 5.41) is 9.18. The number of carbonyl (C=O) groups excluding carboxylic acids is 1. The van der Waals surface area contributed by atoms with Gasteiger partial charge in [0.25, 0.3) is 0 Å². The maximum absolute atomic E-state index is 11.0. The summed E-state index contributed by atoms with van der Waals surface area (Å²) in [5.74, 6) is 0.0718. The molecule has 0 spiro atoms. The first-order valence-corrected chi connectivity index (χ1v) is 3.68. The van der Waals surface area contributed by atoms with Crippen LogP contribution in [0.2, 0.25) is 0 Å². The van der Waals surface area contributed by atoms with Gasteiger partial charge in [-0.05, 0) is 19.3 Å². The Kier molecular flexibility index (Phi) is 2.85. The first-order valence-electron chi connectivity index (χ1n) is 3.68. The lowest BCUT2D eigenvalue weighted by molar-refractivity contribution is -0.114. The van der Waals surface area contributed by atoms with Crippen LogP contribution in [0.15, 0.2) is 11.3 Å². The second-order valence-electron chi connectivity index (χ2n) is 3.77. The van der Waals surface area contributed by atoms with E-state index in [1.807, 2.05) is 20.8 Å².